The third-order valence-corrected chi connectivity index (χ3v) is 15.6. The molecule has 2 aliphatic rings. The first-order chi connectivity index (χ1) is 36.4. The number of nitrogens with zero attached hydrogens (tertiary/aromatic N) is 4. The monoisotopic (exact) mass is 1030 g/mol. The van der Waals surface area contributed by atoms with E-state index in [9.17, 15) is 0 Å². The maximum Gasteiger partial charge on any atom is 0.0752 e. The molecule has 0 amide bonds. The summed E-state index contributed by atoms with van der Waals surface area (Å²) in [4.78, 5) is 29.7. The normalized spacial score (nSPS) is 13.5. The lowest BCUT2D eigenvalue weighted by Gasteiger charge is -2.26. The number of nitrogens with one attached hydrogen (secondary N) is 2. The second kappa shape index (κ2) is 19.2. The molecule has 0 saturated heterocycles. The zero-order chi connectivity index (χ0) is 56.1. The highest BCUT2D eigenvalue weighted by atomic mass is 14.8. The van der Waals surface area contributed by atoms with E-state index in [1.165, 1.54) is 33.4 Å². The minimum absolute atomic E-state index is 0.117. The second-order valence-corrected chi connectivity index (χ2v) is 28.0. The van der Waals surface area contributed by atoms with Gasteiger partial charge in [-0.15, -0.1) is 0 Å². The number of fused-ring (bicyclic) bond motifs is 8. The highest BCUT2D eigenvalue weighted by Gasteiger charge is 2.28. The third-order valence-electron chi connectivity index (χ3n) is 15.6. The molecule has 0 aliphatic carbocycles. The van der Waals surface area contributed by atoms with Crippen LogP contribution in [0.15, 0.2) is 128 Å². The lowest BCUT2D eigenvalue weighted by atomic mass is 9.78. The number of H-pyrrole nitrogens is 2. The highest BCUT2D eigenvalue weighted by Crippen LogP contribution is 2.44. The van der Waals surface area contributed by atoms with E-state index in [1.807, 2.05) is 24.5 Å². The molecular formula is C72H80N6. The summed E-state index contributed by atoms with van der Waals surface area (Å²) in [6, 6.07) is 42.7. The lowest BCUT2D eigenvalue weighted by Crippen LogP contribution is -2.16. The molecule has 0 unspecified atom stereocenters. The SMILES string of the molecule is CC(C)(C)c1cc(-c2c3nc(c(-c4cc(C(C)(C)C)cc(C(C)(C)C)c4)c4ccc([nH]4)c(-c4cc(C(C)(C)C)cc(C(C)(C)C)c4)c4nc(cc5[nH]c2cc5-c2ccccn2)C(c2ccccn2)=C4)C=C3)cc(C(C)(C)C)c1. The zero-order valence-corrected chi connectivity index (χ0v) is 49.6. The van der Waals surface area contributed by atoms with Crippen LogP contribution in [0.2, 0.25) is 0 Å². The minimum atomic E-state index is -0.121. The molecule has 0 fully saturated rings. The van der Waals surface area contributed by atoms with Gasteiger partial charge in [0.15, 0.2) is 0 Å². The standard InChI is InChI=1S/C72H80N6/c1-67(2,3)46-31-43(32-47(37-46)68(4,5)6)64-56-25-27-58(75-56)65(44-33-48(69(7,8)9)38-49(34-44)70(10,11)12)62-40-52(54-23-19-21-29-73-54)60(77-62)42-61-53(55-24-20-22-30-74-55)41-63(78-61)66(59-28-26-57(64)76-59)45-35-50(71(13,14)15)39-51(36-45)72(16,17)18/h19-42,75,78H,1-18H3. The molecule has 6 nitrogen and oxygen atoms in total. The molecule has 5 aromatic heterocycles. The van der Waals surface area contributed by atoms with Crippen molar-refractivity contribution in [2.24, 2.45) is 0 Å². The molecule has 0 radical (unpaired) electrons. The van der Waals surface area contributed by atoms with Crippen molar-refractivity contribution in [3.8, 4) is 44.6 Å². The quantitative estimate of drug-likeness (QED) is 0.180. The van der Waals surface area contributed by atoms with Gasteiger partial charge in [-0.3, -0.25) is 9.97 Å². The van der Waals surface area contributed by atoms with Crippen molar-refractivity contribution in [2.45, 2.75) is 157 Å². The molecule has 2 aliphatic heterocycles. The van der Waals surface area contributed by atoms with Gasteiger partial charge in [-0.2, -0.15) is 0 Å². The molecule has 398 valence electrons. The van der Waals surface area contributed by atoms with Crippen LogP contribution in [-0.2, 0) is 32.5 Å². The van der Waals surface area contributed by atoms with Crippen molar-refractivity contribution in [1.29, 1.82) is 0 Å². The Labute approximate surface area is 464 Å². The molecule has 0 atom stereocenters. The molecule has 0 saturated carbocycles. The first kappa shape index (κ1) is 53.9. The van der Waals surface area contributed by atoms with Crippen LogP contribution in [0.3, 0.4) is 0 Å². The van der Waals surface area contributed by atoms with Crippen molar-refractivity contribution in [2.75, 3.05) is 0 Å². The maximum atomic E-state index is 5.84. The predicted octanol–water partition coefficient (Wildman–Crippen LogP) is 19.3. The van der Waals surface area contributed by atoms with E-state index in [0.717, 1.165) is 101 Å². The molecular weight excluding hydrogens is 949 g/mol. The summed E-state index contributed by atoms with van der Waals surface area (Å²) >= 11 is 0. The Balaban J connectivity index is 1.47. The molecule has 0 spiro atoms. The lowest BCUT2D eigenvalue weighted by molar-refractivity contribution is 0.568. The van der Waals surface area contributed by atoms with Crippen LogP contribution in [0.25, 0.3) is 90.5 Å². The van der Waals surface area contributed by atoms with Crippen molar-refractivity contribution in [3.63, 3.8) is 0 Å². The van der Waals surface area contributed by atoms with E-state index in [-0.39, 0.29) is 32.5 Å². The van der Waals surface area contributed by atoms with Gasteiger partial charge in [0.1, 0.15) is 0 Å². The van der Waals surface area contributed by atoms with Gasteiger partial charge in [-0.1, -0.05) is 191 Å². The molecule has 10 rings (SSSR count). The number of aromatic nitrogens is 6. The Kier molecular flexibility index (Phi) is 13.3. The average Bonchev–Trinajstić information content (AvgIpc) is 4.30. The van der Waals surface area contributed by atoms with Crippen LogP contribution in [0.1, 0.15) is 186 Å². The van der Waals surface area contributed by atoms with Crippen molar-refractivity contribution >= 4 is 45.9 Å². The van der Waals surface area contributed by atoms with Gasteiger partial charge in [0.05, 0.1) is 39.7 Å². The predicted molar refractivity (Wildman–Crippen MR) is 333 cm³/mol. The summed E-state index contributed by atoms with van der Waals surface area (Å²) < 4.78 is 0. The van der Waals surface area contributed by atoms with E-state index in [4.69, 9.17) is 19.9 Å². The first-order valence-corrected chi connectivity index (χ1v) is 27.9. The Hall–Kier alpha value is -7.44. The van der Waals surface area contributed by atoms with Gasteiger partial charge < -0.3 is 9.97 Å². The van der Waals surface area contributed by atoms with E-state index < -0.39 is 0 Å². The minimum Gasteiger partial charge on any atom is -0.354 e. The zero-order valence-electron chi connectivity index (χ0n) is 49.6. The fourth-order valence-corrected chi connectivity index (χ4v) is 10.6. The topological polar surface area (TPSA) is 83.1 Å². The van der Waals surface area contributed by atoms with E-state index >= 15 is 0 Å². The van der Waals surface area contributed by atoms with Crippen LogP contribution < -0.4 is 0 Å². The summed E-state index contributed by atoms with van der Waals surface area (Å²) in [5.41, 5.74) is 24.0. The Morgan fingerprint density at radius 3 is 1.08 bits per heavy atom. The van der Waals surface area contributed by atoms with Gasteiger partial charge in [0.25, 0.3) is 0 Å². The number of pyridine rings is 2. The molecule has 8 bridgehead atoms. The Morgan fingerprint density at radius 1 is 0.321 bits per heavy atom. The fraction of sp³-hybridized carbons (Fsp3) is 0.333. The number of hydrogen-bond acceptors (Lipinski definition) is 4. The second-order valence-electron chi connectivity index (χ2n) is 28.0. The Bertz CT molecular complexity index is 3780. The van der Waals surface area contributed by atoms with Gasteiger partial charge in [0.2, 0.25) is 0 Å². The van der Waals surface area contributed by atoms with Gasteiger partial charge in [-0.05, 0) is 149 Å². The van der Waals surface area contributed by atoms with Crippen molar-refractivity contribution < 1.29 is 0 Å². The average molecular weight is 1030 g/mol. The van der Waals surface area contributed by atoms with E-state index in [0.29, 0.717) is 0 Å². The fourth-order valence-electron chi connectivity index (χ4n) is 10.6. The summed E-state index contributed by atoms with van der Waals surface area (Å²) in [5.74, 6) is 0. The molecule has 8 aromatic rings. The van der Waals surface area contributed by atoms with Crippen LogP contribution in [0.5, 0.6) is 0 Å². The van der Waals surface area contributed by atoms with Crippen molar-refractivity contribution in [1.82, 2.24) is 29.9 Å². The van der Waals surface area contributed by atoms with Gasteiger partial charge in [0, 0.05) is 56.8 Å². The summed E-state index contributed by atoms with van der Waals surface area (Å²) in [6.07, 6.45) is 10.4. The van der Waals surface area contributed by atoms with Gasteiger partial charge >= 0.3 is 0 Å². The number of hydrogen-bond donors (Lipinski definition) is 2. The van der Waals surface area contributed by atoms with Crippen LogP contribution >= 0.6 is 0 Å². The summed E-state index contributed by atoms with van der Waals surface area (Å²) in [5, 5.41) is 0. The molecule has 3 aromatic carbocycles. The Morgan fingerprint density at radius 2 is 0.692 bits per heavy atom. The molecule has 78 heavy (non-hydrogen) atoms. The van der Waals surface area contributed by atoms with Crippen LogP contribution in [0.4, 0.5) is 0 Å². The van der Waals surface area contributed by atoms with E-state index in [2.05, 4.69) is 256 Å². The third kappa shape index (κ3) is 10.8. The van der Waals surface area contributed by atoms with E-state index in [1.54, 1.807) is 0 Å². The number of aromatic amines is 2. The van der Waals surface area contributed by atoms with Crippen molar-refractivity contribution in [3.05, 3.63) is 190 Å². The molecule has 6 heteroatoms. The van der Waals surface area contributed by atoms with Crippen LogP contribution in [-0.4, -0.2) is 29.9 Å². The van der Waals surface area contributed by atoms with Gasteiger partial charge in [-0.25, -0.2) is 9.97 Å². The number of benzene rings is 3. The molecule has 2 N–H and O–H groups in total. The first-order valence-electron chi connectivity index (χ1n) is 27.9. The highest BCUT2D eigenvalue weighted by molar-refractivity contribution is 6.02. The maximum absolute atomic E-state index is 5.84. The molecule has 7 heterocycles. The summed E-state index contributed by atoms with van der Waals surface area (Å²) in [7, 11) is 0. The summed E-state index contributed by atoms with van der Waals surface area (Å²) in [6.45, 7) is 41.5. The largest absolute Gasteiger partial charge is 0.354 e. The number of rotatable bonds is 5. The van der Waals surface area contributed by atoms with Crippen LogP contribution in [0, 0.1) is 0 Å². The smallest absolute Gasteiger partial charge is 0.0752 e.